The predicted molar refractivity (Wildman–Crippen MR) is 65.4 cm³/mol. The molecule has 0 unspecified atom stereocenters. The van der Waals surface area contributed by atoms with E-state index in [-0.39, 0.29) is 0 Å². The standard InChI is InChI=1S/C13H14N2/c1-9-11(14)7-8-12(15)13(9)10-5-3-2-4-6-10/h2-8H,14-15H2,1H3. The lowest BCUT2D eigenvalue weighted by Gasteiger charge is -2.11. The van der Waals surface area contributed by atoms with E-state index in [0.717, 1.165) is 28.1 Å². The van der Waals surface area contributed by atoms with Crippen molar-refractivity contribution in [1.82, 2.24) is 0 Å². The first-order chi connectivity index (χ1) is 7.20. The fraction of sp³-hybridized carbons (Fsp3) is 0.0769. The van der Waals surface area contributed by atoms with Crippen LogP contribution in [-0.4, -0.2) is 0 Å². The Labute approximate surface area is 89.5 Å². The second kappa shape index (κ2) is 3.65. The summed E-state index contributed by atoms with van der Waals surface area (Å²) in [6.45, 7) is 1.99. The zero-order valence-electron chi connectivity index (χ0n) is 8.70. The quantitative estimate of drug-likeness (QED) is 0.692. The fourth-order valence-electron chi connectivity index (χ4n) is 1.74. The van der Waals surface area contributed by atoms with Crippen molar-refractivity contribution in [1.29, 1.82) is 0 Å². The summed E-state index contributed by atoms with van der Waals surface area (Å²) in [4.78, 5) is 0. The molecule has 0 heterocycles. The van der Waals surface area contributed by atoms with E-state index in [9.17, 15) is 0 Å². The van der Waals surface area contributed by atoms with Crippen molar-refractivity contribution in [2.75, 3.05) is 11.5 Å². The van der Waals surface area contributed by atoms with Gasteiger partial charge in [-0.3, -0.25) is 0 Å². The van der Waals surface area contributed by atoms with Gasteiger partial charge in [0.15, 0.2) is 0 Å². The number of hydrogen-bond acceptors (Lipinski definition) is 2. The normalized spacial score (nSPS) is 10.2. The van der Waals surface area contributed by atoms with Gasteiger partial charge in [0, 0.05) is 16.9 Å². The lowest BCUT2D eigenvalue weighted by atomic mass is 9.97. The molecule has 0 bridgehead atoms. The number of benzene rings is 2. The zero-order valence-corrected chi connectivity index (χ0v) is 8.70. The lowest BCUT2D eigenvalue weighted by Crippen LogP contribution is -1.97. The molecule has 0 spiro atoms. The highest BCUT2D eigenvalue weighted by atomic mass is 14.6. The van der Waals surface area contributed by atoms with Gasteiger partial charge in [-0.05, 0) is 30.2 Å². The fourth-order valence-corrected chi connectivity index (χ4v) is 1.74. The molecule has 0 fully saturated rings. The highest BCUT2D eigenvalue weighted by molar-refractivity contribution is 5.83. The summed E-state index contributed by atoms with van der Waals surface area (Å²) in [5, 5.41) is 0. The average molecular weight is 198 g/mol. The van der Waals surface area contributed by atoms with Gasteiger partial charge in [-0.25, -0.2) is 0 Å². The van der Waals surface area contributed by atoms with Gasteiger partial charge in [-0.2, -0.15) is 0 Å². The molecule has 0 atom stereocenters. The van der Waals surface area contributed by atoms with Crippen molar-refractivity contribution in [3.8, 4) is 11.1 Å². The second-order valence-electron chi connectivity index (χ2n) is 3.61. The van der Waals surface area contributed by atoms with Crippen molar-refractivity contribution in [3.63, 3.8) is 0 Å². The molecule has 4 N–H and O–H groups in total. The minimum Gasteiger partial charge on any atom is -0.398 e. The molecular formula is C13H14N2. The summed E-state index contributed by atoms with van der Waals surface area (Å²) < 4.78 is 0. The lowest BCUT2D eigenvalue weighted by molar-refractivity contribution is 1.46. The number of nitrogens with two attached hydrogens (primary N) is 2. The molecule has 0 saturated carbocycles. The molecule has 0 aliphatic rings. The molecule has 2 aromatic rings. The van der Waals surface area contributed by atoms with E-state index in [4.69, 9.17) is 11.5 Å². The van der Waals surface area contributed by atoms with Crippen molar-refractivity contribution in [2.24, 2.45) is 0 Å². The first-order valence-electron chi connectivity index (χ1n) is 4.90. The Kier molecular flexibility index (Phi) is 2.34. The predicted octanol–water partition coefficient (Wildman–Crippen LogP) is 2.83. The highest BCUT2D eigenvalue weighted by Crippen LogP contribution is 2.32. The van der Waals surface area contributed by atoms with E-state index in [1.54, 1.807) is 0 Å². The molecule has 76 valence electrons. The van der Waals surface area contributed by atoms with Gasteiger partial charge in [0.25, 0.3) is 0 Å². The van der Waals surface area contributed by atoms with Crippen LogP contribution >= 0.6 is 0 Å². The first kappa shape index (κ1) is 9.59. The molecule has 0 amide bonds. The van der Waals surface area contributed by atoms with Crippen LogP contribution in [0.25, 0.3) is 11.1 Å². The van der Waals surface area contributed by atoms with Crippen LogP contribution in [0.3, 0.4) is 0 Å². The van der Waals surface area contributed by atoms with E-state index in [1.165, 1.54) is 0 Å². The molecule has 0 radical (unpaired) electrons. The van der Waals surface area contributed by atoms with Gasteiger partial charge < -0.3 is 11.5 Å². The molecular weight excluding hydrogens is 184 g/mol. The van der Waals surface area contributed by atoms with Gasteiger partial charge in [-0.15, -0.1) is 0 Å². The maximum atomic E-state index is 5.97. The Balaban J connectivity index is 2.68. The molecule has 15 heavy (non-hydrogen) atoms. The summed E-state index contributed by atoms with van der Waals surface area (Å²) in [5.41, 5.74) is 16.6. The first-order valence-corrected chi connectivity index (χ1v) is 4.90. The third-order valence-corrected chi connectivity index (χ3v) is 2.60. The van der Waals surface area contributed by atoms with Crippen molar-refractivity contribution in [2.45, 2.75) is 6.92 Å². The van der Waals surface area contributed by atoms with Crippen LogP contribution in [0.1, 0.15) is 5.56 Å². The molecule has 2 aromatic carbocycles. The Morgan fingerprint density at radius 3 is 2.07 bits per heavy atom. The molecule has 0 aromatic heterocycles. The van der Waals surface area contributed by atoms with Gasteiger partial charge in [-0.1, -0.05) is 30.3 Å². The van der Waals surface area contributed by atoms with E-state index in [0.29, 0.717) is 0 Å². The summed E-state index contributed by atoms with van der Waals surface area (Å²) in [7, 11) is 0. The van der Waals surface area contributed by atoms with E-state index in [2.05, 4.69) is 0 Å². The van der Waals surface area contributed by atoms with Crippen molar-refractivity contribution < 1.29 is 0 Å². The number of nitrogen functional groups attached to an aromatic ring is 2. The van der Waals surface area contributed by atoms with Crippen LogP contribution in [0.15, 0.2) is 42.5 Å². The maximum Gasteiger partial charge on any atom is 0.0397 e. The van der Waals surface area contributed by atoms with Gasteiger partial charge in [0.1, 0.15) is 0 Å². The van der Waals surface area contributed by atoms with Crippen LogP contribution in [0.4, 0.5) is 11.4 Å². The third kappa shape index (κ3) is 1.66. The Bertz CT molecular complexity index is 475. The smallest absolute Gasteiger partial charge is 0.0397 e. The molecule has 0 aliphatic heterocycles. The topological polar surface area (TPSA) is 52.0 Å². The molecule has 2 nitrogen and oxygen atoms in total. The van der Waals surface area contributed by atoms with Crippen LogP contribution in [0, 0.1) is 6.92 Å². The van der Waals surface area contributed by atoms with Gasteiger partial charge in [0.05, 0.1) is 0 Å². The minimum atomic E-state index is 0.771. The SMILES string of the molecule is Cc1c(N)ccc(N)c1-c1ccccc1. The van der Waals surface area contributed by atoms with E-state index < -0.39 is 0 Å². The zero-order chi connectivity index (χ0) is 10.8. The highest BCUT2D eigenvalue weighted by Gasteiger charge is 2.07. The maximum absolute atomic E-state index is 5.97. The number of hydrogen-bond donors (Lipinski definition) is 2. The number of anilines is 2. The van der Waals surface area contributed by atoms with Crippen LogP contribution < -0.4 is 11.5 Å². The minimum absolute atomic E-state index is 0.771. The van der Waals surface area contributed by atoms with Crippen molar-refractivity contribution in [3.05, 3.63) is 48.0 Å². The summed E-state index contributed by atoms with van der Waals surface area (Å²) >= 11 is 0. The summed E-state index contributed by atoms with van der Waals surface area (Å²) in [6, 6.07) is 13.8. The van der Waals surface area contributed by atoms with Crippen molar-refractivity contribution >= 4 is 11.4 Å². The third-order valence-electron chi connectivity index (χ3n) is 2.60. The molecule has 0 aliphatic carbocycles. The molecule has 0 saturated heterocycles. The molecule has 2 rings (SSSR count). The van der Waals surface area contributed by atoms with E-state index >= 15 is 0 Å². The van der Waals surface area contributed by atoms with Crippen LogP contribution in [0.5, 0.6) is 0 Å². The van der Waals surface area contributed by atoms with E-state index in [1.807, 2.05) is 49.4 Å². The Morgan fingerprint density at radius 1 is 0.800 bits per heavy atom. The summed E-state index contributed by atoms with van der Waals surface area (Å²) in [5.74, 6) is 0. The van der Waals surface area contributed by atoms with Crippen LogP contribution in [0.2, 0.25) is 0 Å². The Morgan fingerprint density at radius 2 is 1.40 bits per heavy atom. The van der Waals surface area contributed by atoms with Gasteiger partial charge >= 0.3 is 0 Å². The number of rotatable bonds is 1. The molecule has 2 heteroatoms. The Hall–Kier alpha value is -1.96. The van der Waals surface area contributed by atoms with Crippen LogP contribution in [-0.2, 0) is 0 Å². The van der Waals surface area contributed by atoms with Gasteiger partial charge in [0.2, 0.25) is 0 Å². The second-order valence-corrected chi connectivity index (χ2v) is 3.61. The average Bonchev–Trinajstić information content (AvgIpc) is 2.26. The monoisotopic (exact) mass is 198 g/mol. The largest absolute Gasteiger partial charge is 0.398 e. The summed E-state index contributed by atoms with van der Waals surface area (Å²) in [6.07, 6.45) is 0.